The van der Waals surface area contributed by atoms with E-state index in [4.69, 9.17) is 4.42 Å². The van der Waals surface area contributed by atoms with E-state index in [9.17, 15) is 4.79 Å². The summed E-state index contributed by atoms with van der Waals surface area (Å²) >= 11 is 0. The molecule has 1 amide bonds. The SMILES string of the molecule is O=C(c1ccco1)N(c1ccccc1)C1CCN(CCc2ccccc2)CC1. The van der Waals surface area contributed by atoms with Gasteiger partial charge in [-0.3, -0.25) is 4.79 Å². The van der Waals surface area contributed by atoms with E-state index in [0.29, 0.717) is 5.76 Å². The predicted octanol–water partition coefficient (Wildman–Crippen LogP) is 4.63. The number of likely N-dealkylation sites (tertiary alicyclic amines) is 1. The third-order valence-corrected chi connectivity index (χ3v) is 5.47. The van der Waals surface area contributed by atoms with Crippen LogP contribution >= 0.6 is 0 Å². The first-order valence-corrected chi connectivity index (χ1v) is 9.99. The van der Waals surface area contributed by atoms with Gasteiger partial charge in [-0.15, -0.1) is 0 Å². The lowest BCUT2D eigenvalue weighted by Gasteiger charge is -2.38. The molecular formula is C24H26N2O2. The van der Waals surface area contributed by atoms with E-state index < -0.39 is 0 Å². The lowest BCUT2D eigenvalue weighted by Crippen LogP contribution is -2.48. The van der Waals surface area contributed by atoms with Gasteiger partial charge in [-0.1, -0.05) is 48.5 Å². The van der Waals surface area contributed by atoms with Gasteiger partial charge in [0.15, 0.2) is 5.76 Å². The molecule has 1 aliphatic rings. The number of piperidine rings is 1. The quantitative estimate of drug-likeness (QED) is 0.631. The van der Waals surface area contributed by atoms with Gasteiger partial charge in [-0.2, -0.15) is 0 Å². The number of furan rings is 1. The van der Waals surface area contributed by atoms with Crippen molar-refractivity contribution < 1.29 is 9.21 Å². The van der Waals surface area contributed by atoms with Crippen molar-refractivity contribution >= 4 is 11.6 Å². The van der Waals surface area contributed by atoms with E-state index in [0.717, 1.165) is 44.6 Å². The Morgan fingerprint density at radius 2 is 1.61 bits per heavy atom. The summed E-state index contributed by atoms with van der Waals surface area (Å²) in [7, 11) is 0. The average Bonchev–Trinajstić information content (AvgIpc) is 3.30. The number of carbonyl (C=O) groups is 1. The number of amides is 1. The molecule has 2 heterocycles. The second kappa shape index (κ2) is 8.89. The Bertz CT molecular complexity index is 854. The standard InChI is InChI=1S/C24H26N2O2/c27-24(23-12-7-19-28-23)26(21-10-5-2-6-11-21)22-14-17-25(18-15-22)16-13-20-8-3-1-4-9-20/h1-12,19,22H,13-18H2. The number of benzene rings is 2. The summed E-state index contributed by atoms with van der Waals surface area (Å²) in [5, 5.41) is 0. The number of para-hydroxylation sites is 1. The van der Waals surface area contributed by atoms with Crippen LogP contribution in [0.4, 0.5) is 5.69 Å². The first kappa shape index (κ1) is 18.5. The van der Waals surface area contributed by atoms with Crippen molar-refractivity contribution in [3.8, 4) is 0 Å². The van der Waals surface area contributed by atoms with Gasteiger partial charge >= 0.3 is 0 Å². The highest BCUT2D eigenvalue weighted by Gasteiger charge is 2.30. The summed E-state index contributed by atoms with van der Waals surface area (Å²) in [5.74, 6) is 0.342. The monoisotopic (exact) mass is 374 g/mol. The van der Waals surface area contributed by atoms with Crippen molar-refractivity contribution in [2.75, 3.05) is 24.5 Å². The molecule has 1 saturated heterocycles. The number of nitrogens with zero attached hydrogens (tertiary/aromatic N) is 2. The molecular weight excluding hydrogens is 348 g/mol. The van der Waals surface area contributed by atoms with Crippen LogP contribution in [0.3, 0.4) is 0 Å². The van der Waals surface area contributed by atoms with Crippen LogP contribution < -0.4 is 4.90 Å². The first-order chi connectivity index (χ1) is 13.8. The molecule has 144 valence electrons. The number of hydrogen-bond donors (Lipinski definition) is 0. The number of rotatable bonds is 6. The van der Waals surface area contributed by atoms with Crippen LogP contribution in [0, 0.1) is 0 Å². The highest BCUT2D eigenvalue weighted by Crippen LogP contribution is 2.26. The van der Waals surface area contributed by atoms with Gasteiger partial charge in [0.2, 0.25) is 0 Å². The lowest BCUT2D eigenvalue weighted by atomic mass is 10.0. The second-order valence-corrected chi connectivity index (χ2v) is 7.30. The van der Waals surface area contributed by atoms with Gasteiger partial charge in [-0.25, -0.2) is 0 Å². The maximum Gasteiger partial charge on any atom is 0.294 e. The molecule has 28 heavy (non-hydrogen) atoms. The summed E-state index contributed by atoms with van der Waals surface area (Å²) in [4.78, 5) is 17.5. The van der Waals surface area contributed by atoms with Crippen LogP contribution in [0.25, 0.3) is 0 Å². The fourth-order valence-corrected chi connectivity index (χ4v) is 3.93. The van der Waals surface area contributed by atoms with Gasteiger partial charge in [-0.05, 0) is 49.1 Å². The zero-order valence-corrected chi connectivity index (χ0v) is 16.0. The van der Waals surface area contributed by atoms with E-state index in [1.165, 1.54) is 5.56 Å². The van der Waals surface area contributed by atoms with Crippen molar-refractivity contribution in [3.63, 3.8) is 0 Å². The Kier molecular flexibility index (Phi) is 5.88. The molecule has 0 unspecified atom stereocenters. The van der Waals surface area contributed by atoms with Gasteiger partial charge in [0, 0.05) is 31.4 Å². The van der Waals surface area contributed by atoms with Crippen molar-refractivity contribution in [1.82, 2.24) is 4.90 Å². The molecule has 0 atom stereocenters. The molecule has 0 aliphatic carbocycles. The summed E-state index contributed by atoms with van der Waals surface area (Å²) in [6.45, 7) is 3.08. The fraction of sp³-hybridized carbons (Fsp3) is 0.292. The van der Waals surface area contributed by atoms with Crippen LogP contribution in [0.2, 0.25) is 0 Å². The molecule has 0 spiro atoms. The topological polar surface area (TPSA) is 36.7 Å². The summed E-state index contributed by atoms with van der Waals surface area (Å²) in [5.41, 5.74) is 2.31. The maximum absolute atomic E-state index is 13.1. The van der Waals surface area contributed by atoms with E-state index in [1.807, 2.05) is 35.2 Å². The van der Waals surface area contributed by atoms with Crippen LogP contribution in [0.15, 0.2) is 83.5 Å². The molecule has 0 bridgehead atoms. The van der Waals surface area contributed by atoms with Crippen molar-refractivity contribution in [3.05, 3.63) is 90.4 Å². The van der Waals surface area contributed by atoms with Crippen LogP contribution in [-0.4, -0.2) is 36.5 Å². The molecule has 0 saturated carbocycles. The second-order valence-electron chi connectivity index (χ2n) is 7.30. The summed E-state index contributed by atoms with van der Waals surface area (Å²) in [6.07, 6.45) is 4.56. The van der Waals surface area contributed by atoms with Crippen LogP contribution in [0.1, 0.15) is 29.0 Å². The largest absolute Gasteiger partial charge is 0.459 e. The van der Waals surface area contributed by atoms with Crippen LogP contribution in [-0.2, 0) is 6.42 Å². The predicted molar refractivity (Wildman–Crippen MR) is 112 cm³/mol. The highest BCUT2D eigenvalue weighted by molar-refractivity contribution is 6.04. The minimum atomic E-state index is -0.0565. The minimum absolute atomic E-state index is 0.0565. The molecule has 2 aromatic carbocycles. The Balaban J connectivity index is 1.42. The molecule has 1 aromatic heterocycles. The molecule has 0 radical (unpaired) electrons. The molecule has 3 aromatic rings. The van der Waals surface area contributed by atoms with E-state index in [-0.39, 0.29) is 11.9 Å². The zero-order chi connectivity index (χ0) is 19.2. The third kappa shape index (κ3) is 4.34. The molecule has 4 rings (SSSR count). The molecule has 4 heteroatoms. The van der Waals surface area contributed by atoms with E-state index >= 15 is 0 Å². The van der Waals surface area contributed by atoms with Crippen LogP contribution in [0.5, 0.6) is 0 Å². The molecule has 1 fully saturated rings. The Morgan fingerprint density at radius 1 is 0.929 bits per heavy atom. The highest BCUT2D eigenvalue weighted by atomic mass is 16.3. The summed E-state index contributed by atoms with van der Waals surface area (Å²) < 4.78 is 5.40. The third-order valence-electron chi connectivity index (χ3n) is 5.47. The maximum atomic E-state index is 13.1. The van der Waals surface area contributed by atoms with Gasteiger partial charge in [0.1, 0.15) is 0 Å². The average molecular weight is 374 g/mol. The summed E-state index contributed by atoms with van der Waals surface area (Å²) in [6, 6.07) is 24.3. The van der Waals surface area contributed by atoms with Gasteiger partial charge in [0.05, 0.1) is 6.26 Å². The van der Waals surface area contributed by atoms with Gasteiger partial charge < -0.3 is 14.2 Å². The number of anilines is 1. The fourth-order valence-electron chi connectivity index (χ4n) is 3.93. The molecule has 4 nitrogen and oxygen atoms in total. The minimum Gasteiger partial charge on any atom is -0.459 e. The number of carbonyl (C=O) groups excluding carboxylic acids is 1. The molecule has 1 aliphatic heterocycles. The van der Waals surface area contributed by atoms with E-state index in [2.05, 4.69) is 35.2 Å². The Labute approximate surface area is 166 Å². The Hall–Kier alpha value is -2.85. The van der Waals surface area contributed by atoms with Crippen molar-refractivity contribution in [2.45, 2.75) is 25.3 Å². The number of hydrogen-bond acceptors (Lipinski definition) is 3. The van der Waals surface area contributed by atoms with Crippen molar-refractivity contribution in [2.24, 2.45) is 0 Å². The Morgan fingerprint density at radius 3 is 2.25 bits per heavy atom. The smallest absolute Gasteiger partial charge is 0.294 e. The molecule has 0 N–H and O–H groups in total. The van der Waals surface area contributed by atoms with Gasteiger partial charge in [0.25, 0.3) is 5.91 Å². The lowest BCUT2D eigenvalue weighted by molar-refractivity contribution is 0.0933. The zero-order valence-electron chi connectivity index (χ0n) is 16.0. The van der Waals surface area contributed by atoms with E-state index in [1.54, 1.807) is 18.4 Å². The van der Waals surface area contributed by atoms with Crippen molar-refractivity contribution in [1.29, 1.82) is 0 Å². The normalized spacial score (nSPS) is 15.4. The first-order valence-electron chi connectivity index (χ1n) is 9.99.